The number of hydrogen-bond donors (Lipinski definition) is 3. The number of nitrogens with one attached hydrogen (secondary N) is 3. The molecule has 0 aromatic heterocycles. The topological polar surface area (TPSA) is 114 Å². The summed E-state index contributed by atoms with van der Waals surface area (Å²) in [5.74, 6) is -1.18. The molecule has 0 aliphatic rings. The minimum Gasteiger partial charge on any atom is -0.380 e. The number of carbonyl (C=O) groups excluding carboxylic acids is 2. The first-order valence-electron chi connectivity index (χ1n) is 11.7. The Morgan fingerprint density at radius 2 is 1.45 bits per heavy atom. The largest absolute Gasteiger partial charge is 0.380 e. The van der Waals surface area contributed by atoms with Gasteiger partial charge in [0.15, 0.2) is 0 Å². The smallest absolute Gasteiger partial charge is 0.309 e. The van der Waals surface area contributed by atoms with Crippen molar-refractivity contribution in [2.24, 2.45) is 0 Å². The molecule has 33 heavy (non-hydrogen) atoms. The second-order valence-electron chi connectivity index (χ2n) is 7.68. The zero-order chi connectivity index (χ0) is 24.2. The van der Waals surface area contributed by atoms with E-state index in [4.69, 9.17) is 4.74 Å². The van der Waals surface area contributed by atoms with E-state index in [0.29, 0.717) is 19.8 Å². The van der Waals surface area contributed by atoms with Crippen LogP contribution in [-0.2, 0) is 24.3 Å². The van der Waals surface area contributed by atoms with Crippen LogP contribution in [0.2, 0.25) is 0 Å². The van der Waals surface area contributed by atoms with E-state index in [1.807, 2.05) is 0 Å². The molecule has 8 nitrogen and oxygen atoms in total. The highest BCUT2D eigenvalue weighted by Gasteiger charge is 2.11. The number of ether oxygens (including phenoxy) is 1. The van der Waals surface area contributed by atoms with Gasteiger partial charge in [-0.3, -0.25) is 9.59 Å². The van der Waals surface area contributed by atoms with Gasteiger partial charge < -0.3 is 15.4 Å². The number of rotatable bonds is 18. The summed E-state index contributed by atoms with van der Waals surface area (Å²) in [6.07, 6.45) is 13.9. The molecule has 1 rings (SSSR count). The lowest BCUT2D eigenvalue weighted by Gasteiger charge is -2.07. The fourth-order valence-electron chi connectivity index (χ4n) is 3.05. The summed E-state index contributed by atoms with van der Waals surface area (Å²) in [7, 11) is -2.01. The van der Waals surface area contributed by atoms with Crippen LogP contribution in [0.5, 0.6) is 0 Å². The van der Waals surface area contributed by atoms with Crippen molar-refractivity contribution in [3.05, 3.63) is 42.5 Å². The lowest BCUT2D eigenvalue weighted by atomic mass is 10.1. The van der Waals surface area contributed by atoms with Crippen LogP contribution in [0, 0.1) is 0 Å². The first-order valence-corrected chi connectivity index (χ1v) is 13.2. The fraction of sp³-hybridized carbons (Fsp3) is 0.583. The molecule has 0 saturated carbocycles. The summed E-state index contributed by atoms with van der Waals surface area (Å²) in [6, 6.07) is 8.32. The van der Waals surface area contributed by atoms with Gasteiger partial charge >= 0.3 is 11.8 Å². The van der Waals surface area contributed by atoms with Crippen LogP contribution in [-0.4, -0.2) is 53.6 Å². The monoisotopic (exact) mass is 481 g/mol. The highest BCUT2D eigenvalue weighted by atomic mass is 32.2. The number of hydrogen-bond acceptors (Lipinski definition) is 5. The summed E-state index contributed by atoms with van der Waals surface area (Å²) < 4.78 is 32.2. The van der Waals surface area contributed by atoms with Crippen LogP contribution in [0.15, 0.2) is 47.4 Å². The maximum Gasteiger partial charge on any atom is 0.309 e. The number of unbranched alkanes of at least 4 members (excludes halogenated alkanes) is 7. The molecule has 9 heteroatoms. The zero-order valence-electron chi connectivity index (χ0n) is 19.7. The third kappa shape index (κ3) is 14.5. The standard InChI is InChI=1S/C24H39N3O5S/c1-25-23(28)24(29)26-18-14-9-7-5-3-2-4-6-8-10-15-20-32-21-19-27-33(30,31)22-16-12-11-13-17-22/h3,5,11-13,16-17,27H,2,4,6-10,14-15,18-21H2,1H3,(H,25,28)(H,26,29)/b5-3-. The van der Waals surface area contributed by atoms with E-state index in [-0.39, 0.29) is 11.4 Å². The Labute approximate surface area is 198 Å². The third-order valence-electron chi connectivity index (χ3n) is 4.93. The molecular formula is C24H39N3O5S. The van der Waals surface area contributed by atoms with E-state index < -0.39 is 21.8 Å². The van der Waals surface area contributed by atoms with Crippen molar-refractivity contribution in [3.63, 3.8) is 0 Å². The highest BCUT2D eigenvalue weighted by Crippen LogP contribution is 2.08. The molecule has 0 aliphatic heterocycles. The molecule has 0 aliphatic carbocycles. The van der Waals surface area contributed by atoms with Crippen molar-refractivity contribution >= 4 is 21.8 Å². The lowest BCUT2D eigenvalue weighted by molar-refractivity contribution is -0.138. The number of amides is 2. The van der Waals surface area contributed by atoms with Gasteiger partial charge in [0.2, 0.25) is 10.0 Å². The predicted octanol–water partition coefficient (Wildman–Crippen LogP) is 2.91. The third-order valence-corrected chi connectivity index (χ3v) is 6.41. The van der Waals surface area contributed by atoms with E-state index >= 15 is 0 Å². The maximum absolute atomic E-state index is 12.0. The van der Waals surface area contributed by atoms with Gasteiger partial charge in [-0.25, -0.2) is 13.1 Å². The van der Waals surface area contributed by atoms with Crippen molar-refractivity contribution in [3.8, 4) is 0 Å². The second kappa shape index (κ2) is 18.2. The van der Waals surface area contributed by atoms with Gasteiger partial charge in [-0.15, -0.1) is 0 Å². The second-order valence-corrected chi connectivity index (χ2v) is 9.45. The molecule has 0 saturated heterocycles. The minimum atomic E-state index is -3.45. The maximum atomic E-state index is 12.0. The number of carbonyl (C=O) groups is 2. The first-order chi connectivity index (χ1) is 16.0. The van der Waals surface area contributed by atoms with Gasteiger partial charge in [-0.05, 0) is 50.7 Å². The van der Waals surface area contributed by atoms with Crippen molar-refractivity contribution in [1.82, 2.24) is 15.4 Å². The van der Waals surface area contributed by atoms with E-state index in [2.05, 4.69) is 27.5 Å². The Kier molecular flexibility index (Phi) is 15.9. The van der Waals surface area contributed by atoms with Gasteiger partial charge in [0.1, 0.15) is 0 Å². The Bertz CT molecular complexity index is 798. The van der Waals surface area contributed by atoms with Crippen molar-refractivity contribution in [1.29, 1.82) is 0 Å². The molecule has 1 aromatic carbocycles. The average Bonchev–Trinajstić information content (AvgIpc) is 2.83. The van der Waals surface area contributed by atoms with Crippen LogP contribution in [0.4, 0.5) is 0 Å². The fourth-order valence-corrected chi connectivity index (χ4v) is 4.08. The van der Waals surface area contributed by atoms with Crippen LogP contribution in [0.3, 0.4) is 0 Å². The lowest BCUT2D eigenvalue weighted by Crippen LogP contribution is -2.38. The van der Waals surface area contributed by atoms with E-state index in [1.54, 1.807) is 30.3 Å². The summed E-state index contributed by atoms with van der Waals surface area (Å²) in [5.41, 5.74) is 0. The summed E-state index contributed by atoms with van der Waals surface area (Å²) in [4.78, 5) is 22.5. The Morgan fingerprint density at radius 1 is 0.818 bits per heavy atom. The highest BCUT2D eigenvalue weighted by molar-refractivity contribution is 7.89. The molecule has 0 unspecified atom stereocenters. The molecule has 0 fully saturated rings. The number of likely N-dealkylation sites (N-methyl/N-ethyl adjacent to an activating group) is 1. The van der Waals surface area contributed by atoms with Gasteiger partial charge in [0, 0.05) is 26.7 Å². The number of allylic oxidation sites excluding steroid dienone is 2. The van der Waals surface area contributed by atoms with Gasteiger partial charge in [-0.1, -0.05) is 49.6 Å². The summed E-state index contributed by atoms with van der Waals surface area (Å²) >= 11 is 0. The predicted molar refractivity (Wildman–Crippen MR) is 130 cm³/mol. The molecule has 0 radical (unpaired) electrons. The van der Waals surface area contributed by atoms with Crippen LogP contribution >= 0.6 is 0 Å². The normalized spacial score (nSPS) is 11.5. The van der Waals surface area contributed by atoms with E-state index in [0.717, 1.165) is 38.5 Å². The quantitative estimate of drug-likeness (QED) is 0.169. The van der Waals surface area contributed by atoms with Crippen LogP contribution in [0.1, 0.15) is 57.8 Å². The minimum absolute atomic E-state index is 0.268. The molecular weight excluding hydrogens is 442 g/mol. The number of sulfonamides is 1. The average molecular weight is 482 g/mol. The summed E-state index contributed by atoms with van der Waals surface area (Å²) in [5, 5.41) is 4.88. The Balaban J connectivity index is 1.85. The summed E-state index contributed by atoms with van der Waals surface area (Å²) in [6.45, 7) is 1.81. The zero-order valence-corrected chi connectivity index (χ0v) is 20.5. The number of benzene rings is 1. The van der Waals surface area contributed by atoms with Crippen LogP contribution in [0.25, 0.3) is 0 Å². The molecule has 0 spiro atoms. The van der Waals surface area contributed by atoms with Crippen molar-refractivity contribution in [2.75, 3.05) is 33.4 Å². The van der Waals surface area contributed by atoms with Gasteiger partial charge in [-0.2, -0.15) is 0 Å². The van der Waals surface area contributed by atoms with Crippen molar-refractivity contribution < 1.29 is 22.7 Å². The van der Waals surface area contributed by atoms with E-state index in [1.165, 1.54) is 26.3 Å². The van der Waals surface area contributed by atoms with Crippen molar-refractivity contribution in [2.45, 2.75) is 62.7 Å². The molecule has 186 valence electrons. The molecule has 3 N–H and O–H groups in total. The van der Waals surface area contributed by atoms with E-state index in [9.17, 15) is 18.0 Å². The molecule has 0 atom stereocenters. The first kappa shape index (κ1) is 28.8. The molecule has 1 aromatic rings. The van der Waals surface area contributed by atoms with Crippen LogP contribution < -0.4 is 15.4 Å². The molecule has 0 heterocycles. The molecule has 0 bridgehead atoms. The van der Waals surface area contributed by atoms with Gasteiger partial charge in [0.05, 0.1) is 11.5 Å². The Hall–Kier alpha value is -2.23. The SMILES string of the molecule is CNC(=O)C(=O)NCCCC/C=C\CCCCCCCOCCNS(=O)(=O)c1ccccc1. The Morgan fingerprint density at radius 3 is 2.15 bits per heavy atom. The molecule has 2 amide bonds. The van der Waals surface area contributed by atoms with Gasteiger partial charge in [0.25, 0.3) is 0 Å².